The average molecular weight is 322 g/mol. The Labute approximate surface area is 132 Å². The van der Waals surface area contributed by atoms with Crippen LogP contribution in [0.3, 0.4) is 0 Å². The van der Waals surface area contributed by atoms with E-state index >= 15 is 0 Å². The van der Waals surface area contributed by atoms with Crippen LogP contribution in [0.15, 0.2) is 63.4 Å². The van der Waals surface area contributed by atoms with Gasteiger partial charge in [0.1, 0.15) is 0 Å². The van der Waals surface area contributed by atoms with E-state index in [1.165, 1.54) is 0 Å². The highest BCUT2D eigenvalue weighted by atomic mass is 35.5. The van der Waals surface area contributed by atoms with Gasteiger partial charge in [-0.25, -0.2) is 0 Å². The Morgan fingerprint density at radius 1 is 1.20 bits per heavy atom. The molecular weight excluding hydrogens is 310 g/mol. The highest BCUT2D eigenvalue weighted by Crippen LogP contribution is 2.30. The first-order valence-corrected chi connectivity index (χ1v) is 7.36. The molecule has 0 saturated heterocycles. The lowest BCUT2D eigenvalue weighted by Crippen LogP contribution is -2.24. The molecule has 2 aromatic rings. The van der Waals surface area contributed by atoms with Gasteiger partial charge in [-0.3, -0.25) is 5.43 Å². The second kappa shape index (κ2) is 7.28. The molecule has 20 heavy (non-hydrogen) atoms. The first-order valence-electron chi connectivity index (χ1n) is 5.76. The Hall–Kier alpha value is -1.56. The third kappa shape index (κ3) is 4.52. The SMILES string of the molecule is NC(=S)N/N=C\c1ccccc1Sc1ccc(Cl)cc1. The number of hydrogen-bond donors (Lipinski definition) is 2. The zero-order chi connectivity index (χ0) is 14.4. The molecule has 0 radical (unpaired) electrons. The van der Waals surface area contributed by atoms with Crippen LogP contribution in [0.4, 0.5) is 0 Å². The van der Waals surface area contributed by atoms with E-state index in [1.807, 2.05) is 48.5 Å². The van der Waals surface area contributed by atoms with E-state index in [0.717, 1.165) is 20.4 Å². The van der Waals surface area contributed by atoms with Crippen LogP contribution in [0, 0.1) is 0 Å². The van der Waals surface area contributed by atoms with Crippen LogP contribution < -0.4 is 11.2 Å². The van der Waals surface area contributed by atoms with Crippen LogP contribution in [0.1, 0.15) is 5.56 Å². The van der Waals surface area contributed by atoms with Gasteiger partial charge in [0.15, 0.2) is 5.11 Å². The first kappa shape index (κ1) is 14.8. The molecular formula is C14H12ClN3S2. The summed E-state index contributed by atoms with van der Waals surface area (Å²) in [6.07, 6.45) is 1.69. The van der Waals surface area contributed by atoms with Crippen molar-refractivity contribution in [3.8, 4) is 0 Å². The van der Waals surface area contributed by atoms with Crippen LogP contribution in [0.5, 0.6) is 0 Å². The average Bonchev–Trinajstić information content (AvgIpc) is 2.43. The zero-order valence-corrected chi connectivity index (χ0v) is 12.8. The van der Waals surface area contributed by atoms with Gasteiger partial charge in [0, 0.05) is 20.4 Å². The Morgan fingerprint density at radius 3 is 2.60 bits per heavy atom. The summed E-state index contributed by atoms with van der Waals surface area (Å²) in [4.78, 5) is 2.20. The Bertz CT molecular complexity index is 627. The quantitative estimate of drug-likeness (QED) is 0.512. The number of nitrogens with two attached hydrogens (primary N) is 1. The van der Waals surface area contributed by atoms with Crippen LogP contribution in [0.25, 0.3) is 0 Å². The van der Waals surface area contributed by atoms with Gasteiger partial charge >= 0.3 is 0 Å². The summed E-state index contributed by atoms with van der Waals surface area (Å²) in [7, 11) is 0. The number of halogens is 1. The molecule has 0 spiro atoms. The molecule has 0 fully saturated rings. The molecule has 0 atom stereocenters. The zero-order valence-electron chi connectivity index (χ0n) is 10.4. The van der Waals surface area contributed by atoms with Crippen molar-refractivity contribution >= 4 is 46.9 Å². The lowest BCUT2D eigenvalue weighted by Gasteiger charge is -2.05. The van der Waals surface area contributed by atoms with Gasteiger partial charge in [0.25, 0.3) is 0 Å². The van der Waals surface area contributed by atoms with Gasteiger partial charge in [0.2, 0.25) is 0 Å². The fourth-order valence-corrected chi connectivity index (χ4v) is 2.57. The molecule has 102 valence electrons. The van der Waals surface area contributed by atoms with Gasteiger partial charge in [-0.1, -0.05) is 41.6 Å². The number of benzene rings is 2. The molecule has 3 nitrogen and oxygen atoms in total. The second-order valence-corrected chi connectivity index (χ2v) is 5.82. The number of hydrogen-bond acceptors (Lipinski definition) is 3. The summed E-state index contributed by atoms with van der Waals surface area (Å²) < 4.78 is 0. The summed E-state index contributed by atoms with van der Waals surface area (Å²) in [6.45, 7) is 0. The molecule has 0 aliphatic carbocycles. The molecule has 0 unspecified atom stereocenters. The van der Waals surface area contributed by atoms with E-state index < -0.39 is 0 Å². The van der Waals surface area contributed by atoms with Gasteiger partial charge in [0.05, 0.1) is 6.21 Å². The summed E-state index contributed by atoms with van der Waals surface area (Å²) in [5.74, 6) is 0. The van der Waals surface area contributed by atoms with Crippen molar-refractivity contribution < 1.29 is 0 Å². The topological polar surface area (TPSA) is 50.4 Å². The molecule has 0 aromatic heterocycles. The molecule has 0 aliphatic heterocycles. The van der Waals surface area contributed by atoms with Crippen molar-refractivity contribution in [1.82, 2.24) is 5.43 Å². The molecule has 0 amide bonds. The molecule has 2 aromatic carbocycles. The number of hydrazone groups is 1. The van der Waals surface area contributed by atoms with Gasteiger partial charge in [-0.05, 0) is 42.5 Å². The van der Waals surface area contributed by atoms with Gasteiger partial charge in [-0.2, -0.15) is 5.10 Å². The van der Waals surface area contributed by atoms with Crippen LogP contribution in [-0.2, 0) is 0 Å². The lowest BCUT2D eigenvalue weighted by atomic mass is 10.2. The molecule has 0 saturated carbocycles. The predicted octanol–water partition coefficient (Wildman–Crippen LogP) is 3.66. The van der Waals surface area contributed by atoms with Gasteiger partial charge in [-0.15, -0.1) is 0 Å². The highest BCUT2D eigenvalue weighted by Gasteiger charge is 2.02. The summed E-state index contributed by atoms with van der Waals surface area (Å²) in [5.41, 5.74) is 8.85. The van der Waals surface area contributed by atoms with E-state index in [0.29, 0.717) is 0 Å². The maximum atomic E-state index is 5.88. The van der Waals surface area contributed by atoms with Crippen molar-refractivity contribution in [2.45, 2.75) is 9.79 Å². The molecule has 0 heterocycles. The molecule has 3 N–H and O–H groups in total. The Balaban J connectivity index is 2.17. The second-order valence-electron chi connectivity index (χ2n) is 3.83. The standard InChI is InChI=1S/C14H12ClN3S2/c15-11-5-7-12(8-6-11)20-13-4-2-1-3-10(13)9-17-18-14(16)19/h1-9H,(H3,16,18,19)/b17-9-. The van der Waals surface area contributed by atoms with E-state index in [-0.39, 0.29) is 5.11 Å². The monoisotopic (exact) mass is 321 g/mol. The fraction of sp³-hybridized carbons (Fsp3) is 0. The van der Waals surface area contributed by atoms with Crippen molar-refractivity contribution in [1.29, 1.82) is 0 Å². The molecule has 0 bridgehead atoms. The molecule has 0 aliphatic rings. The van der Waals surface area contributed by atoms with Crippen LogP contribution in [-0.4, -0.2) is 11.3 Å². The normalized spacial score (nSPS) is 10.7. The van der Waals surface area contributed by atoms with Gasteiger partial charge < -0.3 is 5.73 Å². The fourth-order valence-electron chi connectivity index (χ4n) is 1.48. The van der Waals surface area contributed by atoms with Crippen molar-refractivity contribution in [2.24, 2.45) is 10.8 Å². The summed E-state index contributed by atoms with van der Waals surface area (Å²) in [5, 5.41) is 4.85. The number of rotatable bonds is 4. The lowest BCUT2D eigenvalue weighted by molar-refractivity contribution is 1.04. The third-order valence-electron chi connectivity index (χ3n) is 2.34. The minimum absolute atomic E-state index is 0.143. The number of thiocarbonyl (C=S) groups is 1. The largest absolute Gasteiger partial charge is 0.375 e. The molecule has 6 heteroatoms. The van der Waals surface area contributed by atoms with Crippen molar-refractivity contribution in [2.75, 3.05) is 0 Å². The maximum absolute atomic E-state index is 5.88. The van der Waals surface area contributed by atoms with E-state index in [9.17, 15) is 0 Å². The van der Waals surface area contributed by atoms with Crippen molar-refractivity contribution in [3.63, 3.8) is 0 Å². The van der Waals surface area contributed by atoms with E-state index in [4.69, 9.17) is 29.6 Å². The number of nitrogens with one attached hydrogen (secondary N) is 1. The predicted molar refractivity (Wildman–Crippen MR) is 89.5 cm³/mol. The van der Waals surface area contributed by atoms with E-state index in [2.05, 4.69) is 10.5 Å². The Morgan fingerprint density at radius 2 is 1.90 bits per heavy atom. The minimum Gasteiger partial charge on any atom is -0.375 e. The van der Waals surface area contributed by atoms with Crippen LogP contribution >= 0.6 is 35.6 Å². The summed E-state index contributed by atoms with van der Waals surface area (Å²) >= 11 is 12.2. The molecule has 2 rings (SSSR count). The van der Waals surface area contributed by atoms with Crippen molar-refractivity contribution in [3.05, 3.63) is 59.1 Å². The third-order valence-corrected chi connectivity index (χ3v) is 3.78. The van der Waals surface area contributed by atoms with Crippen LogP contribution in [0.2, 0.25) is 5.02 Å². The van der Waals surface area contributed by atoms with E-state index in [1.54, 1.807) is 18.0 Å². The minimum atomic E-state index is 0.143. The first-order chi connectivity index (χ1) is 9.65. The maximum Gasteiger partial charge on any atom is 0.184 e. The highest BCUT2D eigenvalue weighted by molar-refractivity contribution is 7.99. The Kier molecular flexibility index (Phi) is 5.40. The summed E-state index contributed by atoms with van der Waals surface area (Å²) in [6, 6.07) is 15.6. The smallest absolute Gasteiger partial charge is 0.184 e. The number of nitrogens with zero attached hydrogens (tertiary/aromatic N) is 1.